The minimum absolute atomic E-state index is 0.0156. The van der Waals surface area contributed by atoms with Crippen LogP contribution < -0.4 is 25.8 Å². The van der Waals surface area contributed by atoms with Crippen LogP contribution in [0.15, 0.2) is 417 Å². The molecule has 0 spiro atoms. The zero-order valence-electron chi connectivity index (χ0n) is 77.9. The Bertz CT molecular complexity index is 5640. The van der Waals surface area contributed by atoms with Gasteiger partial charge in [0.15, 0.2) is 5.78 Å². The van der Waals surface area contributed by atoms with Crippen LogP contribution in [0.4, 0.5) is 26.3 Å². The van der Waals surface area contributed by atoms with Crippen LogP contribution >= 0.6 is 23.2 Å². The lowest BCUT2D eigenvalue weighted by Gasteiger charge is -2.08. The second-order valence-electron chi connectivity index (χ2n) is 26.5. The summed E-state index contributed by atoms with van der Waals surface area (Å²) in [6.07, 6.45) is 41.1. The number of aryl methyl sites for hydroxylation is 4. The molecule has 32 nitrogen and oxygen atoms in total. The highest BCUT2D eigenvalue weighted by Gasteiger charge is 2.32. The topological polar surface area (TPSA) is 417 Å². The van der Waals surface area contributed by atoms with E-state index in [1.165, 1.54) is 54.2 Å². The number of methoxy groups -OCH3 is 1. The molecule has 728 valence electrons. The standard InChI is InChI=1S/2C8H10N2O.C7H8N2O.C7H6N2.C7H7NO.2C6H4F3N.C6H6N2O.C6H7NO.2C6H7N.2C5H4ClN.C5H6NO.C5H5N.C4H6N2.C3H5N3/c1-10(2)8(11)7-4-3-5-9-6-7;1-2-10-8(11)7-4-3-5-9-6-7;1-8-7(10)6-3-2-4-9-5-6;1-2-4-7-6(3-1)8-5-9-7;1-6(9)7-3-2-4-8-5-7;7-6(8,9)5-2-1-3-10-4-5;7-6(8,9)5-3-1-2-4-10-5;7-6(9)5-2-1-3-8-4-5;1-8-6-2-4-7-5-3-6;1-6-3-2-4-7-5-6;1-6-4-2-3-5-7-6;6-5-2-1-3-7-4-5;6-5-3-1-2-4-7-5;7-6-4-2-1-3-5-6;1-2-4-6-5-3-1;1-6-3-2-5-4-6;1-6-2-4-5-3-6/h3-6H,1-2H3;3-6H,2H2,1H3,(H,10,11);2-5H,1H3,(H,8,10);1-5H,(H,8,9);2-5H,1H3;2*1-4H;1-4H,(H2,7,9);2-5H,1H3;2*2-5H,1H3;2*1-4H;1-5,7H;1-5H;2-4H,1H3;2-3H,1H3/q;;;;;;;;;;;;;+1;;;. The maximum Gasteiger partial charge on any atom is 0.433 e. The number of aromatic amines is 1. The summed E-state index contributed by atoms with van der Waals surface area (Å²) < 4.78 is 80.0. The molecule has 18 rings (SSSR count). The molecule has 6 N–H and O–H groups in total. The molecule has 0 saturated heterocycles. The molecule has 0 fully saturated rings. The fourth-order valence-electron chi connectivity index (χ4n) is 8.50. The highest BCUT2D eigenvalue weighted by atomic mass is 35.5. The van der Waals surface area contributed by atoms with Crippen molar-refractivity contribution in [3.63, 3.8) is 0 Å². The Morgan fingerprint density at radius 1 is 0.457 bits per heavy atom. The Labute approximate surface area is 816 Å². The van der Waals surface area contributed by atoms with Crippen molar-refractivity contribution in [2.24, 2.45) is 19.8 Å². The predicted octanol–water partition coefficient (Wildman–Crippen LogP) is 18.2. The molecule has 0 aliphatic heterocycles. The number of benzene rings is 1. The van der Waals surface area contributed by atoms with E-state index in [1.807, 2.05) is 143 Å². The number of ether oxygens (including phenoxy) is 1. The number of H-pyrrole nitrogens is 1. The van der Waals surface area contributed by atoms with Crippen LogP contribution in [0.5, 0.6) is 5.75 Å². The first kappa shape index (κ1) is 119. The Hall–Kier alpha value is -17.6. The molecule has 0 radical (unpaired) electrons. The van der Waals surface area contributed by atoms with Crippen LogP contribution in [-0.4, -0.2) is 173 Å². The summed E-state index contributed by atoms with van der Waals surface area (Å²) in [6.45, 7) is 8.05. The van der Waals surface area contributed by atoms with Crippen LogP contribution in [0.3, 0.4) is 0 Å². The molecule has 0 unspecified atom stereocenters. The van der Waals surface area contributed by atoms with Crippen molar-refractivity contribution in [3.05, 3.63) is 478 Å². The second-order valence-corrected chi connectivity index (χ2v) is 27.3. The van der Waals surface area contributed by atoms with Crippen molar-refractivity contribution >= 4 is 63.6 Å². The number of Topliss-reactive ketones (excluding diaryl/α,β-unsaturated/α-hetero) is 1. The van der Waals surface area contributed by atoms with Gasteiger partial charge in [-0.2, -0.15) is 26.3 Å². The number of carbonyl (C=O) groups excluding carboxylic acids is 5. The third-order valence-corrected chi connectivity index (χ3v) is 15.7. The quantitative estimate of drug-likeness (QED) is 0.0325. The lowest BCUT2D eigenvalue weighted by atomic mass is 10.2. The first-order chi connectivity index (χ1) is 67.4. The maximum absolute atomic E-state index is 11.7. The zero-order chi connectivity index (χ0) is 103. The van der Waals surface area contributed by atoms with Gasteiger partial charge in [-0.1, -0.05) is 71.7 Å². The molecule has 4 amide bonds. The third kappa shape index (κ3) is 62.0. The van der Waals surface area contributed by atoms with E-state index in [2.05, 4.69) is 101 Å². The molecule has 0 atom stereocenters. The van der Waals surface area contributed by atoms with Gasteiger partial charge in [0, 0.05) is 225 Å². The monoisotopic (exact) mass is 1950 g/mol. The number of pyridine rings is 14. The summed E-state index contributed by atoms with van der Waals surface area (Å²) in [5.74, 6) is 0.276. The minimum atomic E-state index is -4.32. The smallest absolute Gasteiger partial charge is 0.433 e. The van der Waals surface area contributed by atoms with Gasteiger partial charge in [0.25, 0.3) is 17.7 Å². The number of alkyl halides is 6. The normalized spacial score (nSPS) is 9.30. The number of primary amides is 1. The number of imidazole rings is 2. The fraction of sp³-hybridized carbons (Fsp3) is 0.130. The molecule has 0 bridgehead atoms. The number of rotatable bonds is 7. The number of nitrogens with two attached hydrogens (primary N) is 1. The minimum Gasteiger partial charge on any atom is -0.497 e. The predicted molar refractivity (Wildman–Crippen MR) is 523 cm³/mol. The molecule has 18 aromatic rings. The van der Waals surface area contributed by atoms with Gasteiger partial charge in [0.1, 0.15) is 29.3 Å². The summed E-state index contributed by atoms with van der Waals surface area (Å²) in [5, 5.41) is 22.0. The van der Waals surface area contributed by atoms with Crippen molar-refractivity contribution in [1.29, 1.82) is 0 Å². The molecular formula is C100H106Cl2F6N25O7+. The first-order valence-electron chi connectivity index (χ1n) is 41.3. The largest absolute Gasteiger partial charge is 0.497 e. The average molecular weight is 1960 g/mol. The molecule has 17 heterocycles. The molecule has 0 saturated carbocycles. The molecule has 140 heavy (non-hydrogen) atoms. The van der Waals surface area contributed by atoms with Crippen molar-refractivity contribution in [3.8, 4) is 5.75 Å². The molecule has 1 aromatic carbocycles. The summed E-state index contributed by atoms with van der Waals surface area (Å²) >= 11 is 10.9. The zero-order valence-corrected chi connectivity index (χ0v) is 79.4. The van der Waals surface area contributed by atoms with E-state index in [1.54, 1.807) is 285 Å². The van der Waals surface area contributed by atoms with Crippen molar-refractivity contribution in [1.82, 2.24) is 115 Å². The molecule has 0 aliphatic carbocycles. The molecular weight excluding hydrogens is 1850 g/mol. The van der Waals surface area contributed by atoms with Crippen LogP contribution in [0, 0.1) is 13.8 Å². The number of nitrogens with one attached hydrogen (secondary N) is 3. The SMILES string of the molecule is CC(=O)c1cccnc1.CCNC(=O)c1cccnc1.CN(C)C(=O)c1cccnc1.CNC(=O)c1cccnc1.COc1ccncc1.Cc1ccccn1.Cc1cccnc1.Clc1ccccn1.Clc1cccnc1.Cn1ccnc1.Cn1cnnc1.FC(F)(F)c1ccccn1.FC(F)(F)c1cccnc1.NC(=O)c1cccnc1.O[n+]1ccccc1.c1ccc2[nH]cnc2c1.c1ccncc1. The number of hydrogen-bond acceptors (Lipinski definition) is 24. The molecule has 0 aliphatic rings. The first-order valence-corrected chi connectivity index (χ1v) is 42.0. The third-order valence-electron chi connectivity index (χ3n) is 15.2. The number of nitrogens with zero attached hydrogens (tertiary/aromatic N) is 21. The lowest BCUT2D eigenvalue weighted by Crippen LogP contribution is -2.27. The second kappa shape index (κ2) is 74.8. The maximum atomic E-state index is 11.7. The van der Waals surface area contributed by atoms with E-state index in [0.29, 0.717) is 44.5 Å². The fourth-order valence-corrected chi connectivity index (χ4v) is 8.76. The highest BCUT2D eigenvalue weighted by Crippen LogP contribution is 2.28. The van der Waals surface area contributed by atoms with Crippen LogP contribution in [-0.2, 0) is 26.4 Å². The summed E-state index contributed by atoms with van der Waals surface area (Å²) in [6, 6.07) is 64.5. The van der Waals surface area contributed by atoms with E-state index < -0.39 is 29.5 Å². The van der Waals surface area contributed by atoms with Gasteiger partial charge in [-0.25, -0.2) is 15.0 Å². The van der Waals surface area contributed by atoms with E-state index in [0.717, 1.165) is 51.7 Å². The number of para-hydroxylation sites is 2. The number of hydrogen-bond donors (Lipinski definition) is 5. The van der Waals surface area contributed by atoms with Crippen molar-refractivity contribution in [2.75, 3.05) is 34.8 Å². The molecule has 40 heteroatoms. The summed E-state index contributed by atoms with van der Waals surface area (Å²) in [5.41, 5.74) is 10.7. The number of halogens is 8. The van der Waals surface area contributed by atoms with Crippen molar-refractivity contribution in [2.45, 2.75) is 40.0 Å². The van der Waals surface area contributed by atoms with E-state index in [4.69, 9.17) is 38.9 Å². The van der Waals surface area contributed by atoms with Gasteiger partial charge in [-0.3, -0.25) is 89.0 Å². The Morgan fingerprint density at radius 3 is 1.19 bits per heavy atom. The van der Waals surface area contributed by atoms with Crippen LogP contribution in [0.1, 0.15) is 88.2 Å². The Morgan fingerprint density at radius 2 is 0.921 bits per heavy atom. The number of ketones is 1. The lowest BCUT2D eigenvalue weighted by molar-refractivity contribution is -0.904. The van der Waals surface area contributed by atoms with Gasteiger partial charge >= 0.3 is 12.4 Å². The van der Waals surface area contributed by atoms with Crippen molar-refractivity contribution < 1.29 is 65.0 Å². The van der Waals surface area contributed by atoms with Gasteiger partial charge in [0.05, 0.1) is 63.6 Å². The van der Waals surface area contributed by atoms with Crippen LogP contribution in [0.25, 0.3) is 11.0 Å². The number of amides is 4. The Kier molecular flexibility index (Phi) is 63.3. The van der Waals surface area contributed by atoms with Gasteiger partial charge in [-0.15, -0.1) is 10.2 Å². The molecule has 17 aromatic heterocycles. The van der Waals surface area contributed by atoms with E-state index >= 15 is 0 Å². The van der Waals surface area contributed by atoms with E-state index in [-0.39, 0.29) is 23.5 Å². The Balaban J connectivity index is 0.000000504. The average Bonchev–Trinajstić information content (AvgIpc) is 1.55. The highest BCUT2D eigenvalue weighted by molar-refractivity contribution is 6.30. The number of aromatic nitrogens is 21. The van der Waals surface area contributed by atoms with Gasteiger partial charge < -0.3 is 40.1 Å². The van der Waals surface area contributed by atoms with Gasteiger partial charge in [0.2, 0.25) is 18.3 Å². The number of fused-ring (bicyclic) bond motifs is 1. The number of carbonyl (C=O) groups is 5. The van der Waals surface area contributed by atoms with Gasteiger partial charge in [-0.05, 0) is 197 Å². The van der Waals surface area contributed by atoms with E-state index in [9.17, 15) is 50.3 Å². The van der Waals surface area contributed by atoms with Crippen LogP contribution in [0.2, 0.25) is 10.2 Å². The summed E-state index contributed by atoms with van der Waals surface area (Å²) in [4.78, 5) is 115. The summed E-state index contributed by atoms with van der Waals surface area (Å²) in [7, 11) is 10.5.